The maximum Gasteiger partial charge on any atom is 0.240 e. The third-order valence-electron chi connectivity index (χ3n) is 5.35. The van der Waals surface area contributed by atoms with Gasteiger partial charge >= 0.3 is 0 Å². The molecule has 2 atom stereocenters. The molecule has 0 saturated carbocycles. The largest absolute Gasteiger partial charge is 0.346 e. The third kappa shape index (κ3) is 7.48. The molecule has 2 rings (SSSR count). The normalized spacial score (nSPS) is 17.0. The zero-order valence-corrected chi connectivity index (χ0v) is 20.0. The Morgan fingerprint density at radius 1 is 1.29 bits per heavy atom. The summed E-state index contributed by atoms with van der Waals surface area (Å²) in [4.78, 5) is 26.1. The van der Waals surface area contributed by atoms with Crippen molar-refractivity contribution in [2.75, 3.05) is 39.0 Å². The van der Waals surface area contributed by atoms with Crippen LogP contribution in [0.4, 0.5) is 0 Å². The van der Waals surface area contributed by atoms with E-state index < -0.39 is 11.0 Å². The lowest BCUT2D eigenvalue weighted by molar-refractivity contribution is -0.126. The van der Waals surface area contributed by atoms with Gasteiger partial charge in [-0.3, -0.25) is 14.5 Å². The van der Waals surface area contributed by atoms with E-state index in [4.69, 9.17) is 29.6 Å². The molecule has 1 fully saturated rings. The van der Waals surface area contributed by atoms with Gasteiger partial charge in [0, 0.05) is 31.4 Å². The van der Waals surface area contributed by atoms with Crippen molar-refractivity contribution < 1.29 is 13.8 Å². The molecule has 1 heterocycles. The van der Waals surface area contributed by atoms with Crippen LogP contribution in [-0.2, 0) is 20.6 Å². The highest BCUT2D eigenvalue weighted by Gasteiger charge is 2.30. The van der Waals surface area contributed by atoms with Crippen molar-refractivity contribution in [2.24, 2.45) is 0 Å². The fraction of sp³-hybridized carbons (Fsp3) is 0.524. The number of nitrogens with one attached hydrogen (secondary N) is 2. The fourth-order valence-corrected chi connectivity index (χ4v) is 5.01. The molecule has 7 nitrogen and oxygen atoms in total. The molecule has 1 aliphatic heterocycles. The van der Waals surface area contributed by atoms with E-state index in [1.165, 1.54) is 0 Å². The Kier molecular flexibility index (Phi) is 10.3. The smallest absolute Gasteiger partial charge is 0.240 e. The predicted molar refractivity (Wildman–Crippen MR) is 125 cm³/mol. The van der Waals surface area contributed by atoms with Gasteiger partial charge in [-0.1, -0.05) is 41.3 Å². The van der Waals surface area contributed by atoms with E-state index in [0.29, 0.717) is 10.0 Å². The fourth-order valence-electron chi connectivity index (χ4n) is 3.62. The number of carbonyl (C=O) groups excluding carboxylic acids is 2. The van der Waals surface area contributed by atoms with Crippen molar-refractivity contribution in [3.05, 3.63) is 33.8 Å². The molecule has 0 radical (unpaired) electrons. The number of hydrogen-bond donors (Lipinski definition) is 2. The Hall–Kier alpha value is -1.63. The minimum absolute atomic E-state index is 0.00475. The zero-order valence-electron chi connectivity index (χ0n) is 17.7. The number of terminal acetylenes is 1. The zero-order chi connectivity index (χ0) is 23.0. The van der Waals surface area contributed by atoms with Gasteiger partial charge in [0.2, 0.25) is 11.8 Å². The summed E-state index contributed by atoms with van der Waals surface area (Å²) in [5, 5.41) is 6.12. The van der Waals surface area contributed by atoms with Crippen LogP contribution >= 0.6 is 23.2 Å². The van der Waals surface area contributed by atoms with E-state index in [9.17, 15) is 13.8 Å². The van der Waals surface area contributed by atoms with Crippen molar-refractivity contribution >= 4 is 46.0 Å². The molecule has 0 aromatic heterocycles. The molecule has 2 unspecified atom stereocenters. The SMILES string of the molecule is C#CCNC(=O)CNC(=O)CN(C1CCN(C(C)c2cccc(Cl)c2Cl)CC1)S(C)=O. The lowest BCUT2D eigenvalue weighted by Crippen LogP contribution is -2.49. The van der Waals surface area contributed by atoms with Crippen molar-refractivity contribution in [3.63, 3.8) is 0 Å². The molecule has 170 valence electrons. The van der Waals surface area contributed by atoms with E-state index in [0.717, 1.165) is 31.5 Å². The summed E-state index contributed by atoms with van der Waals surface area (Å²) in [5.41, 5.74) is 0.978. The monoisotopic (exact) mass is 486 g/mol. The number of likely N-dealkylation sites (tertiary alicyclic amines) is 1. The van der Waals surface area contributed by atoms with Crippen LogP contribution in [0.15, 0.2) is 18.2 Å². The molecule has 1 saturated heterocycles. The van der Waals surface area contributed by atoms with E-state index in [-0.39, 0.29) is 43.5 Å². The summed E-state index contributed by atoms with van der Waals surface area (Å²) in [6.45, 7) is 3.55. The Labute approximate surface area is 196 Å². The highest BCUT2D eigenvalue weighted by molar-refractivity contribution is 7.81. The molecule has 0 bridgehead atoms. The van der Waals surface area contributed by atoms with Crippen LogP contribution in [-0.4, -0.2) is 70.2 Å². The number of amides is 2. The Bertz CT molecular complexity index is 854. The molecular formula is C21H28Cl2N4O3S. The van der Waals surface area contributed by atoms with Crippen molar-refractivity contribution in [1.82, 2.24) is 19.8 Å². The van der Waals surface area contributed by atoms with Crippen molar-refractivity contribution in [2.45, 2.75) is 31.8 Å². The summed E-state index contributed by atoms with van der Waals surface area (Å²) in [6.07, 6.45) is 8.17. The van der Waals surface area contributed by atoms with Gasteiger partial charge in [-0.25, -0.2) is 8.51 Å². The first-order valence-corrected chi connectivity index (χ1v) is 12.3. The maximum absolute atomic E-state index is 12.3. The Morgan fingerprint density at radius 3 is 2.58 bits per heavy atom. The van der Waals surface area contributed by atoms with Crippen molar-refractivity contribution in [1.29, 1.82) is 0 Å². The summed E-state index contributed by atoms with van der Waals surface area (Å²) in [5.74, 6) is 1.58. The average molecular weight is 487 g/mol. The molecule has 1 aromatic carbocycles. The lowest BCUT2D eigenvalue weighted by atomic mass is 10.00. The predicted octanol–water partition coefficient (Wildman–Crippen LogP) is 1.98. The lowest BCUT2D eigenvalue weighted by Gasteiger charge is -2.39. The van der Waals surface area contributed by atoms with E-state index in [1.807, 2.05) is 12.1 Å². The van der Waals surface area contributed by atoms with Crippen LogP contribution in [0, 0.1) is 12.3 Å². The van der Waals surface area contributed by atoms with E-state index in [1.54, 1.807) is 16.6 Å². The minimum Gasteiger partial charge on any atom is -0.346 e. The third-order valence-corrected chi connectivity index (χ3v) is 7.27. The van der Waals surface area contributed by atoms with E-state index in [2.05, 4.69) is 28.4 Å². The molecule has 2 amide bonds. The minimum atomic E-state index is -1.32. The van der Waals surface area contributed by atoms with Gasteiger partial charge in [0.05, 0.1) is 40.7 Å². The van der Waals surface area contributed by atoms with Gasteiger partial charge < -0.3 is 10.6 Å². The molecule has 10 heteroatoms. The second-order valence-electron chi connectivity index (χ2n) is 7.34. The first kappa shape index (κ1) is 25.6. The number of benzene rings is 1. The summed E-state index contributed by atoms with van der Waals surface area (Å²) in [7, 11) is -1.32. The number of rotatable bonds is 9. The average Bonchev–Trinajstić information content (AvgIpc) is 2.76. The Morgan fingerprint density at radius 2 is 1.97 bits per heavy atom. The molecular weight excluding hydrogens is 459 g/mol. The molecule has 31 heavy (non-hydrogen) atoms. The summed E-state index contributed by atoms with van der Waals surface area (Å²) >= 11 is 12.5. The first-order valence-electron chi connectivity index (χ1n) is 9.99. The van der Waals surface area contributed by atoms with Gasteiger partial charge in [0.25, 0.3) is 0 Å². The highest BCUT2D eigenvalue weighted by Crippen LogP contribution is 2.34. The van der Waals surface area contributed by atoms with Gasteiger partial charge in [0.15, 0.2) is 0 Å². The first-order chi connectivity index (χ1) is 14.7. The Balaban J connectivity index is 1.90. The van der Waals surface area contributed by atoms with E-state index >= 15 is 0 Å². The van der Waals surface area contributed by atoms with Crippen LogP contribution in [0.1, 0.15) is 31.4 Å². The number of piperidine rings is 1. The molecule has 2 N–H and O–H groups in total. The number of nitrogens with zero attached hydrogens (tertiary/aromatic N) is 2. The molecule has 0 spiro atoms. The quantitative estimate of drug-likeness (QED) is 0.522. The maximum atomic E-state index is 12.3. The van der Waals surface area contributed by atoms with Crippen LogP contribution in [0.5, 0.6) is 0 Å². The van der Waals surface area contributed by atoms with Crippen LogP contribution < -0.4 is 10.6 Å². The number of carbonyl (C=O) groups is 2. The molecule has 1 aromatic rings. The van der Waals surface area contributed by atoms with Gasteiger partial charge in [-0.2, -0.15) is 0 Å². The van der Waals surface area contributed by atoms with Gasteiger partial charge in [0.1, 0.15) is 0 Å². The van der Waals surface area contributed by atoms with Gasteiger partial charge in [-0.05, 0) is 31.4 Å². The van der Waals surface area contributed by atoms with Crippen LogP contribution in [0.2, 0.25) is 10.0 Å². The van der Waals surface area contributed by atoms with Crippen LogP contribution in [0.25, 0.3) is 0 Å². The standard InChI is InChI=1S/C21H28Cl2N4O3S/c1-4-10-24-19(28)13-25-20(29)14-27(31(3)30)16-8-11-26(12-9-16)15(2)17-6-5-7-18(22)21(17)23/h1,5-7,15-16H,8-14H2,2-3H3,(H,24,28)(H,25,29). The summed E-state index contributed by atoms with van der Waals surface area (Å²) < 4.78 is 14.0. The molecule has 1 aliphatic rings. The number of hydrogen-bond acceptors (Lipinski definition) is 4. The van der Waals surface area contributed by atoms with Gasteiger partial charge in [-0.15, -0.1) is 6.42 Å². The van der Waals surface area contributed by atoms with Crippen LogP contribution in [0.3, 0.4) is 0 Å². The summed E-state index contributed by atoms with van der Waals surface area (Å²) in [6, 6.07) is 5.73. The second kappa shape index (κ2) is 12.4. The topological polar surface area (TPSA) is 81.8 Å². The second-order valence-corrected chi connectivity index (χ2v) is 9.44. The van der Waals surface area contributed by atoms with Crippen molar-refractivity contribution in [3.8, 4) is 12.3 Å². The molecule has 0 aliphatic carbocycles. The highest BCUT2D eigenvalue weighted by atomic mass is 35.5. The number of halogens is 2.